The van der Waals surface area contributed by atoms with Crippen molar-refractivity contribution in [2.75, 3.05) is 18.4 Å². The third-order valence-electron chi connectivity index (χ3n) is 4.96. The molecule has 0 spiro atoms. The molecule has 3 aromatic heterocycles. The van der Waals surface area contributed by atoms with Gasteiger partial charge in [-0.25, -0.2) is 15.0 Å². The number of likely N-dealkylation sites (tertiary alicyclic amines) is 1. The van der Waals surface area contributed by atoms with Crippen molar-refractivity contribution >= 4 is 11.6 Å². The van der Waals surface area contributed by atoms with Crippen LogP contribution in [-0.4, -0.2) is 42.5 Å². The number of aryl methyl sites for hydroxylation is 1. The summed E-state index contributed by atoms with van der Waals surface area (Å²) in [5.74, 6) is 2.10. The van der Waals surface area contributed by atoms with Gasteiger partial charge in [-0.15, -0.1) is 0 Å². The number of hydrogen-bond acceptors (Lipinski definition) is 6. The molecule has 3 aromatic rings. The number of hydrogen-bond donors (Lipinski definition) is 1. The molecule has 1 saturated heterocycles. The number of nitrogens with one attached hydrogen (secondary N) is 1. The fourth-order valence-corrected chi connectivity index (χ4v) is 3.45. The third-order valence-corrected chi connectivity index (χ3v) is 4.96. The maximum absolute atomic E-state index is 4.41. The first-order valence-electron chi connectivity index (χ1n) is 8.94. The molecule has 0 unspecified atom stereocenters. The summed E-state index contributed by atoms with van der Waals surface area (Å²) in [5.41, 5.74) is 2.61. The van der Waals surface area contributed by atoms with Crippen LogP contribution >= 0.6 is 0 Å². The van der Waals surface area contributed by atoms with Gasteiger partial charge in [-0.05, 0) is 49.5 Å². The van der Waals surface area contributed by atoms with Crippen LogP contribution in [0.1, 0.15) is 30.0 Å². The number of anilines is 2. The van der Waals surface area contributed by atoms with Gasteiger partial charge in [0.05, 0.1) is 18.2 Å². The van der Waals surface area contributed by atoms with E-state index in [0.29, 0.717) is 11.7 Å². The predicted molar refractivity (Wildman–Crippen MR) is 100 cm³/mol. The Morgan fingerprint density at radius 1 is 1.04 bits per heavy atom. The Labute approximate surface area is 153 Å². The van der Waals surface area contributed by atoms with Gasteiger partial charge >= 0.3 is 0 Å². The van der Waals surface area contributed by atoms with E-state index in [1.807, 2.05) is 18.7 Å². The molecule has 4 heterocycles. The highest BCUT2D eigenvalue weighted by Crippen LogP contribution is 2.29. The molecule has 0 radical (unpaired) electrons. The van der Waals surface area contributed by atoms with Gasteiger partial charge in [0.1, 0.15) is 11.6 Å². The van der Waals surface area contributed by atoms with E-state index >= 15 is 0 Å². The van der Waals surface area contributed by atoms with E-state index in [-0.39, 0.29) is 0 Å². The lowest BCUT2D eigenvalue weighted by molar-refractivity contribution is 0.201. The van der Waals surface area contributed by atoms with Gasteiger partial charge in [0.2, 0.25) is 0 Å². The van der Waals surface area contributed by atoms with Gasteiger partial charge in [0.25, 0.3) is 0 Å². The monoisotopic (exact) mass is 349 g/mol. The van der Waals surface area contributed by atoms with Gasteiger partial charge in [-0.1, -0.05) is 0 Å². The summed E-state index contributed by atoms with van der Waals surface area (Å²) in [5, 5.41) is 3.22. The second-order valence-corrected chi connectivity index (χ2v) is 6.74. The Balaban J connectivity index is 1.37. The minimum Gasteiger partial charge on any atom is -0.337 e. The maximum atomic E-state index is 4.41. The van der Waals surface area contributed by atoms with Gasteiger partial charge < -0.3 is 9.88 Å². The Hall–Kier alpha value is -2.80. The van der Waals surface area contributed by atoms with Crippen LogP contribution in [0.4, 0.5) is 11.6 Å². The minimum absolute atomic E-state index is 0.572. The molecule has 0 bridgehead atoms. The highest BCUT2D eigenvalue weighted by atomic mass is 15.2. The number of aromatic nitrogens is 5. The summed E-state index contributed by atoms with van der Waals surface area (Å²) in [6.07, 6.45) is 13.0. The topological polar surface area (TPSA) is 71.8 Å². The van der Waals surface area contributed by atoms with Crippen molar-refractivity contribution in [1.82, 2.24) is 29.4 Å². The van der Waals surface area contributed by atoms with E-state index in [4.69, 9.17) is 0 Å². The molecule has 1 N–H and O–H groups in total. The summed E-state index contributed by atoms with van der Waals surface area (Å²) in [7, 11) is 2.05. The van der Waals surface area contributed by atoms with Crippen LogP contribution in [0.3, 0.4) is 0 Å². The molecule has 0 atom stereocenters. The molecule has 0 aromatic carbocycles. The van der Waals surface area contributed by atoms with Gasteiger partial charge in [0.15, 0.2) is 0 Å². The zero-order chi connectivity index (χ0) is 17.8. The third kappa shape index (κ3) is 3.88. The van der Waals surface area contributed by atoms with Crippen LogP contribution in [0.25, 0.3) is 0 Å². The average Bonchev–Trinajstić information content (AvgIpc) is 3.08. The molecular formula is C19H23N7. The summed E-state index contributed by atoms with van der Waals surface area (Å²) < 4.78 is 2.10. The number of piperidine rings is 1. The molecule has 0 aliphatic carbocycles. The highest BCUT2D eigenvalue weighted by Gasteiger charge is 2.21. The van der Waals surface area contributed by atoms with Crippen molar-refractivity contribution in [2.24, 2.45) is 7.05 Å². The quantitative estimate of drug-likeness (QED) is 0.764. The van der Waals surface area contributed by atoms with Crippen LogP contribution in [0.15, 0.2) is 49.4 Å². The summed E-state index contributed by atoms with van der Waals surface area (Å²) in [6, 6.07) is 4.26. The zero-order valence-corrected chi connectivity index (χ0v) is 14.9. The van der Waals surface area contributed by atoms with Crippen molar-refractivity contribution < 1.29 is 0 Å². The lowest BCUT2D eigenvalue weighted by Gasteiger charge is -2.32. The Morgan fingerprint density at radius 3 is 2.62 bits per heavy atom. The fourth-order valence-electron chi connectivity index (χ4n) is 3.45. The SMILES string of the molecule is Cn1cncc1CN1CCC(c2ccnc(Nc3cnccn3)c2)CC1. The molecular weight excluding hydrogens is 326 g/mol. The Kier molecular flexibility index (Phi) is 4.88. The predicted octanol–water partition coefficient (Wildman–Crippen LogP) is 2.73. The van der Waals surface area contributed by atoms with Gasteiger partial charge in [-0.3, -0.25) is 9.88 Å². The van der Waals surface area contributed by atoms with Crippen molar-refractivity contribution in [3.63, 3.8) is 0 Å². The molecule has 134 valence electrons. The molecule has 26 heavy (non-hydrogen) atoms. The van der Waals surface area contributed by atoms with Crippen LogP contribution in [0, 0.1) is 0 Å². The fraction of sp³-hybridized carbons (Fsp3) is 0.368. The molecule has 7 heteroatoms. The van der Waals surface area contributed by atoms with E-state index in [2.05, 4.69) is 53.9 Å². The standard InChI is InChI=1S/C19H23N7/c1-25-14-21-11-17(25)13-26-8-3-15(4-9-26)16-2-5-22-18(10-16)24-19-12-20-6-7-23-19/h2,5-7,10-12,14-15H,3-4,8-9,13H2,1H3,(H,22,23,24). The van der Waals surface area contributed by atoms with Crippen molar-refractivity contribution in [1.29, 1.82) is 0 Å². The molecule has 7 nitrogen and oxygen atoms in total. The average molecular weight is 349 g/mol. The number of rotatable bonds is 5. The highest BCUT2D eigenvalue weighted by molar-refractivity contribution is 5.51. The smallest absolute Gasteiger partial charge is 0.150 e. The van der Waals surface area contributed by atoms with Crippen LogP contribution in [0.5, 0.6) is 0 Å². The molecule has 1 aliphatic heterocycles. The second-order valence-electron chi connectivity index (χ2n) is 6.74. The Bertz CT molecular complexity index is 838. The van der Waals surface area contributed by atoms with Crippen molar-refractivity contribution in [2.45, 2.75) is 25.3 Å². The molecule has 4 rings (SSSR count). The molecule has 1 aliphatic rings. The first-order valence-corrected chi connectivity index (χ1v) is 8.94. The van der Waals surface area contributed by atoms with Crippen LogP contribution < -0.4 is 5.32 Å². The van der Waals surface area contributed by atoms with E-state index in [0.717, 1.165) is 38.3 Å². The molecule has 1 fully saturated rings. The maximum Gasteiger partial charge on any atom is 0.150 e. The van der Waals surface area contributed by atoms with E-state index in [1.54, 1.807) is 18.6 Å². The molecule has 0 saturated carbocycles. The van der Waals surface area contributed by atoms with E-state index in [1.165, 1.54) is 11.3 Å². The second kappa shape index (κ2) is 7.61. The number of nitrogens with zero attached hydrogens (tertiary/aromatic N) is 6. The van der Waals surface area contributed by atoms with Gasteiger partial charge in [-0.2, -0.15) is 0 Å². The zero-order valence-electron chi connectivity index (χ0n) is 14.9. The summed E-state index contributed by atoms with van der Waals surface area (Å²) in [4.78, 5) is 19.4. The van der Waals surface area contributed by atoms with E-state index < -0.39 is 0 Å². The number of imidazole rings is 1. The van der Waals surface area contributed by atoms with Crippen molar-refractivity contribution in [3.05, 3.63) is 60.7 Å². The normalized spacial score (nSPS) is 15.9. The van der Waals surface area contributed by atoms with E-state index in [9.17, 15) is 0 Å². The lowest BCUT2D eigenvalue weighted by atomic mass is 9.90. The minimum atomic E-state index is 0.572. The van der Waals surface area contributed by atoms with Gasteiger partial charge in [0, 0.05) is 38.4 Å². The summed E-state index contributed by atoms with van der Waals surface area (Å²) in [6.45, 7) is 3.18. The van der Waals surface area contributed by atoms with Crippen LogP contribution in [-0.2, 0) is 13.6 Å². The first kappa shape index (κ1) is 16.7. The first-order chi connectivity index (χ1) is 12.8. The summed E-state index contributed by atoms with van der Waals surface area (Å²) >= 11 is 0. The number of pyridine rings is 1. The largest absolute Gasteiger partial charge is 0.337 e. The Morgan fingerprint density at radius 2 is 1.88 bits per heavy atom. The van der Waals surface area contributed by atoms with Crippen LogP contribution in [0.2, 0.25) is 0 Å². The molecule has 0 amide bonds. The lowest BCUT2D eigenvalue weighted by Crippen LogP contribution is -2.33. The van der Waals surface area contributed by atoms with Crippen molar-refractivity contribution in [3.8, 4) is 0 Å².